The number of nitrogens with zero attached hydrogens (tertiary/aromatic N) is 1. The second kappa shape index (κ2) is 6.79. The van der Waals surface area contributed by atoms with Crippen molar-refractivity contribution in [2.75, 3.05) is 25.0 Å². The highest BCUT2D eigenvalue weighted by Gasteiger charge is 2.31. The number of phenolic OH excluding ortho intramolecular Hbond substituents is 1. The van der Waals surface area contributed by atoms with Crippen LogP contribution in [-0.2, 0) is 0 Å². The van der Waals surface area contributed by atoms with Crippen molar-refractivity contribution in [3.05, 3.63) is 53.6 Å². The molecule has 1 saturated heterocycles. The van der Waals surface area contributed by atoms with Gasteiger partial charge in [0.15, 0.2) is 0 Å². The van der Waals surface area contributed by atoms with Crippen molar-refractivity contribution in [3.63, 3.8) is 0 Å². The highest BCUT2D eigenvalue weighted by atomic mass is 35.5. The number of rotatable bonds is 4. The number of anilines is 1. The summed E-state index contributed by atoms with van der Waals surface area (Å²) in [5, 5.41) is 12.7. The number of hydrogen-bond donors (Lipinski definition) is 2. The molecule has 2 aromatic rings. The van der Waals surface area contributed by atoms with E-state index in [0.717, 1.165) is 5.69 Å². The van der Waals surface area contributed by atoms with Crippen LogP contribution in [0.4, 0.5) is 10.5 Å². The predicted octanol–water partition coefficient (Wildman–Crippen LogP) is 3.59. The molecule has 0 bridgehead atoms. The van der Waals surface area contributed by atoms with Gasteiger partial charge in [-0.1, -0.05) is 11.6 Å². The summed E-state index contributed by atoms with van der Waals surface area (Å²) in [4.78, 5) is 13.8. The Hall–Kier alpha value is -2.40. The first-order valence-corrected chi connectivity index (χ1v) is 7.71. The van der Waals surface area contributed by atoms with Crippen LogP contribution < -0.4 is 10.1 Å². The van der Waals surface area contributed by atoms with Crippen LogP contribution in [0.25, 0.3) is 0 Å². The van der Waals surface area contributed by atoms with E-state index in [-0.39, 0.29) is 11.8 Å². The summed E-state index contributed by atoms with van der Waals surface area (Å²) in [6.45, 7) is 1.88. The molecule has 0 unspecified atom stereocenters. The van der Waals surface area contributed by atoms with E-state index in [1.165, 1.54) is 0 Å². The molecule has 0 saturated carbocycles. The molecule has 0 spiro atoms. The molecule has 1 heterocycles. The SMILES string of the molecule is O=C(Nc1ccc(Cl)cc1)N1CC(COc2ccc(O)cc2)C1. The van der Waals surface area contributed by atoms with Crippen LogP contribution in [0.2, 0.25) is 5.02 Å². The highest BCUT2D eigenvalue weighted by molar-refractivity contribution is 6.30. The maximum Gasteiger partial charge on any atom is 0.321 e. The lowest BCUT2D eigenvalue weighted by molar-refractivity contribution is 0.0924. The number of hydrogen-bond acceptors (Lipinski definition) is 3. The first-order chi connectivity index (χ1) is 11.1. The van der Waals surface area contributed by atoms with Crippen LogP contribution >= 0.6 is 11.6 Å². The van der Waals surface area contributed by atoms with Gasteiger partial charge in [-0.15, -0.1) is 0 Å². The molecule has 0 atom stereocenters. The third-order valence-electron chi connectivity index (χ3n) is 3.66. The van der Waals surface area contributed by atoms with Crippen LogP contribution in [0, 0.1) is 5.92 Å². The summed E-state index contributed by atoms with van der Waals surface area (Å²) in [6, 6.07) is 13.5. The fourth-order valence-corrected chi connectivity index (χ4v) is 2.46. The number of aromatic hydroxyl groups is 1. The molecule has 0 aliphatic carbocycles. The zero-order chi connectivity index (χ0) is 16.2. The van der Waals surface area contributed by atoms with Crippen molar-refractivity contribution in [2.45, 2.75) is 0 Å². The Kier molecular flexibility index (Phi) is 4.57. The van der Waals surface area contributed by atoms with E-state index in [4.69, 9.17) is 16.3 Å². The molecule has 23 heavy (non-hydrogen) atoms. The number of nitrogens with one attached hydrogen (secondary N) is 1. The van der Waals surface area contributed by atoms with Crippen LogP contribution in [0.3, 0.4) is 0 Å². The number of carbonyl (C=O) groups excluding carboxylic acids is 1. The van der Waals surface area contributed by atoms with E-state index >= 15 is 0 Å². The minimum absolute atomic E-state index is 0.117. The van der Waals surface area contributed by atoms with Crippen LogP contribution in [0.5, 0.6) is 11.5 Å². The zero-order valence-corrected chi connectivity index (χ0v) is 13.2. The number of urea groups is 1. The van der Waals surface area contributed by atoms with Crippen molar-refractivity contribution >= 4 is 23.3 Å². The first-order valence-electron chi connectivity index (χ1n) is 7.33. The van der Waals surface area contributed by atoms with Crippen LogP contribution in [-0.4, -0.2) is 35.7 Å². The molecular weight excluding hydrogens is 316 g/mol. The summed E-state index contributed by atoms with van der Waals surface area (Å²) in [6.07, 6.45) is 0. The molecule has 1 fully saturated rings. The Morgan fingerprint density at radius 2 is 1.83 bits per heavy atom. The molecule has 0 aromatic heterocycles. The molecule has 6 heteroatoms. The van der Waals surface area contributed by atoms with Gasteiger partial charge in [0, 0.05) is 29.7 Å². The van der Waals surface area contributed by atoms with Crippen molar-refractivity contribution < 1.29 is 14.6 Å². The fraction of sp³-hybridized carbons (Fsp3) is 0.235. The number of phenols is 1. The van der Waals surface area contributed by atoms with E-state index in [2.05, 4.69) is 5.32 Å². The van der Waals surface area contributed by atoms with Crippen LogP contribution in [0.1, 0.15) is 0 Å². The number of benzene rings is 2. The predicted molar refractivity (Wildman–Crippen MR) is 89.1 cm³/mol. The lowest BCUT2D eigenvalue weighted by atomic mass is 10.0. The van der Waals surface area contributed by atoms with Gasteiger partial charge < -0.3 is 20.1 Å². The van der Waals surface area contributed by atoms with Gasteiger partial charge in [-0.25, -0.2) is 4.79 Å². The molecule has 3 rings (SSSR count). The van der Waals surface area contributed by atoms with Gasteiger partial charge in [-0.2, -0.15) is 0 Å². The molecular formula is C17H17ClN2O3. The van der Waals surface area contributed by atoms with Crippen LogP contribution in [0.15, 0.2) is 48.5 Å². The Balaban J connectivity index is 1.41. The topological polar surface area (TPSA) is 61.8 Å². The third kappa shape index (κ3) is 4.07. The summed E-state index contributed by atoms with van der Waals surface area (Å²) >= 11 is 5.81. The monoisotopic (exact) mass is 332 g/mol. The average molecular weight is 333 g/mol. The fourth-order valence-electron chi connectivity index (χ4n) is 2.33. The largest absolute Gasteiger partial charge is 0.508 e. The zero-order valence-electron chi connectivity index (χ0n) is 12.4. The summed E-state index contributed by atoms with van der Waals surface area (Å²) < 4.78 is 5.64. The van der Waals surface area contributed by atoms with Gasteiger partial charge >= 0.3 is 6.03 Å². The minimum Gasteiger partial charge on any atom is -0.508 e. The van der Waals surface area contributed by atoms with E-state index in [0.29, 0.717) is 36.4 Å². The Bertz CT molecular complexity index is 667. The molecule has 120 valence electrons. The number of halogens is 1. The smallest absolute Gasteiger partial charge is 0.321 e. The molecule has 1 aliphatic rings. The second-order valence-electron chi connectivity index (χ2n) is 5.51. The minimum atomic E-state index is -0.117. The number of carbonyl (C=O) groups is 1. The molecule has 5 nitrogen and oxygen atoms in total. The van der Waals surface area contributed by atoms with Crippen molar-refractivity contribution in [1.29, 1.82) is 0 Å². The van der Waals surface area contributed by atoms with Crippen molar-refractivity contribution in [2.24, 2.45) is 5.92 Å². The first kappa shape index (κ1) is 15.5. The molecule has 1 aliphatic heterocycles. The van der Waals surface area contributed by atoms with Gasteiger partial charge in [0.1, 0.15) is 11.5 Å². The van der Waals surface area contributed by atoms with Crippen molar-refractivity contribution in [3.8, 4) is 11.5 Å². The molecule has 2 amide bonds. The lowest BCUT2D eigenvalue weighted by Gasteiger charge is -2.38. The lowest BCUT2D eigenvalue weighted by Crippen LogP contribution is -2.53. The maximum absolute atomic E-state index is 12.1. The van der Waals surface area contributed by atoms with E-state index in [1.807, 2.05) is 0 Å². The standard InChI is InChI=1S/C17H17ClN2O3/c18-13-1-3-14(4-2-13)19-17(22)20-9-12(10-20)11-23-16-7-5-15(21)6-8-16/h1-8,12,21H,9-11H2,(H,19,22). The van der Waals surface area contributed by atoms with E-state index in [1.54, 1.807) is 53.4 Å². The molecule has 2 aromatic carbocycles. The number of likely N-dealkylation sites (tertiary alicyclic amines) is 1. The van der Waals surface area contributed by atoms with Gasteiger partial charge in [0.2, 0.25) is 0 Å². The van der Waals surface area contributed by atoms with Gasteiger partial charge in [0.05, 0.1) is 6.61 Å². The van der Waals surface area contributed by atoms with E-state index < -0.39 is 0 Å². The highest BCUT2D eigenvalue weighted by Crippen LogP contribution is 2.21. The Labute approximate surface area is 139 Å². The summed E-state index contributed by atoms with van der Waals surface area (Å²) in [5.41, 5.74) is 0.725. The normalized spacial score (nSPS) is 14.2. The Morgan fingerprint density at radius 1 is 1.17 bits per heavy atom. The number of amides is 2. The summed E-state index contributed by atoms with van der Waals surface area (Å²) in [5.74, 6) is 1.25. The quantitative estimate of drug-likeness (QED) is 0.899. The maximum atomic E-state index is 12.1. The van der Waals surface area contributed by atoms with Crippen molar-refractivity contribution in [1.82, 2.24) is 4.90 Å². The molecule has 0 radical (unpaired) electrons. The summed E-state index contributed by atoms with van der Waals surface area (Å²) in [7, 11) is 0. The van der Waals surface area contributed by atoms with Gasteiger partial charge in [-0.3, -0.25) is 0 Å². The number of ether oxygens (including phenoxy) is 1. The van der Waals surface area contributed by atoms with E-state index in [9.17, 15) is 9.90 Å². The Morgan fingerprint density at radius 3 is 2.48 bits per heavy atom. The average Bonchev–Trinajstić information content (AvgIpc) is 2.50. The third-order valence-corrected chi connectivity index (χ3v) is 3.91. The van der Waals surface area contributed by atoms with Gasteiger partial charge in [0.25, 0.3) is 0 Å². The second-order valence-corrected chi connectivity index (χ2v) is 5.95. The van der Waals surface area contributed by atoms with Gasteiger partial charge in [-0.05, 0) is 48.5 Å². The molecule has 2 N–H and O–H groups in total.